The second-order valence-corrected chi connectivity index (χ2v) is 11.7. The number of para-hydroxylation sites is 2. The first-order chi connectivity index (χ1) is 20.5. The molecule has 0 saturated carbocycles. The Labute approximate surface area is 255 Å². The number of ether oxygens (including phenoxy) is 3. The van der Waals surface area contributed by atoms with Crippen molar-refractivity contribution in [3.8, 4) is 11.5 Å². The maximum absolute atomic E-state index is 13.3. The van der Waals surface area contributed by atoms with Crippen LogP contribution in [0.25, 0.3) is 0 Å². The normalized spacial score (nSPS) is 13.7. The lowest BCUT2D eigenvalue weighted by Gasteiger charge is -2.32. The van der Waals surface area contributed by atoms with E-state index in [2.05, 4.69) is 0 Å². The summed E-state index contributed by atoms with van der Waals surface area (Å²) in [5.74, 6) is -0.926. The number of fused-ring (bicyclic) bond motifs is 1. The molecule has 10 nitrogen and oxygen atoms in total. The highest BCUT2D eigenvalue weighted by Crippen LogP contribution is 2.34. The number of nitrogens with two attached hydrogens (primary N) is 2. The molecule has 1 unspecified atom stereocenters. The smallest absolute Gasteiger partial charge is 0.422 e. The van der Waals surface area contributed by atoms with Crippen LogP contribution >= 0.6 is 0 Å². The van der Waals surface area contributed by atoms with E-state index in [0.29, 0.717) is 37.9 Å². The van der Waals surface area contributed by atoms with Crippen LogP contribution in [0.15, 0.2) is 36.4 Å². The lowest BCUT2D eigenvalue weighted by Crippen LogP contribution is -2.45. The average Bonchev–Trinajstić information content (AvgIpc) is 3.30. The van der Waals surface area contributed by atoms with Gasteiger partial charge < -0.3 is 35.5 Å². The standard InChI is InChI=1S/C31H41F3N4O6/c1-20(16-21-17-22-11-13-37(12-7-10-26(35)39)27(22)23(18-21)28(36)40)38(29(41)44-30(2,3)4)14-15-42-24-8-5-6-9-25(24)43-19-31(32,33)34/h5-6,8-9,17-18,20H,7,10-16,19H2,1-4H3,(H2,35,39)(H2,36,40). The number of benzene rings is 2. The molecule has 0 fully saturated rings. The van der Waals surface area contributed by atoms with Gasteiger partial charge in [-0.3, -0.25) is 9.59 Å². The summed E-state index contributed by atoms with van der Waals surface area (Å²) in [6.07, 6.45) is -3.26. The van der Waals surface area contributed by atoms with Gasteiger partial charge in [0.2, 0.25) is 5.91 Å². The third kappa shape index (κ3) is 10.2. The van der Waals surface area contributed by atoms with Crippen molar-refractivity contribution in [2.75, 3.05) is 37.7 Å². The van der Waals surface area contributed by atoms with Gasteiger partial charge in [-0.1, -0.05) is 18.2 Å². The Balaban J connectivity index is 1.77. The van der Waals surface area contributed by atoms with Gasteiger partial charge in [0.1, 0.15) is 12.2 Å². The quantitative estimate of drug-likeness (QED) is 0.314. The van der Waals surface area contributed by atoms with E-state index in [1.165, 1.54) is 23.1 Å². The van der Waals surface area contributed by atoms with E-state index >= 15 is 0 Å². The predicted octanol–water partition coefficient (Wildman–Crippen LogP) is 4.60. The third-order valence-electron chi connectivity index (χ3n) is 6.85. The minimum absolute atomic E-state index is 0.0487. The Kier molecular flexibility index (Phi) is 11.3. The van der Waals surface area contributed by atoms with Crippen molar-refractivity contribution in [3.05, 3.63) is 53.1 Å². The zero-order valence-electron chi connectivity index (χ0n) is 25.5. The maximum Gasteiger partial charge on any atom is 0.422 e. The number of hydrogen-bond donors (Lipinski definition) is 2. The topological polar surface area (TPSA) is 137 Å². The number of carbonyl (C=O) groups is 3. The summed E-state index contributed by atoms with van der Waals surface area (Å²) in [6.45, 7) is 6.84. The van der Waals surface area contributed by atoms with Crippen molar-refractivity contribution in [1.29, 1.82) is 0 Å². The van der Waals surface area contributed by atoms with Crippen LogP contribution < -0.4 is 25.8 Å². The van der Waals surface area contributed by atoms with Gasteiger partial charge in [0.15, 0.2) is 18.1 Å². The number of alkyl halides is 3. The lowest BCUT2D eigenvalue weighted by molar-refractivity contribution is -0.153. The molecule has 3 amide bonds. The largest absolute Gasteiger partial charge is 0.488 e. The van der Waals surface area contributed by atoms with Gasteiger partial charge >= 0.3 is 12.3 Å². The number of amides is 3. The van der Waals surface area contributed by atoms with Gasteiger partial charge in [-0.2, -0.15) is 13.2 Å². The molecule has 1 heterocycles. The van der Waals surface area contributed by atoms with Crippen LogP contribution in [0.1, 0.15) is 62.0 Å². The number of anilines is 1. The molecule has 0 spiro atoms. The fourth-order valence-electron chi connectivity index (χ4n) is 5.03. The predicted molar refractivity (Wildman–Crippen MR) is 159 cm³/mol. The fraction of sp³-hybridized carbons (Fsp3) is 0.516. The van der Waals surface area contributed by atoms with Crippen molar-refractivity contribution in [2.24, 2.45) is 11.5 Å². The Bertz CT molecular complexity index is 1330. The molecule has 4 N–H and O–H groups in total. The van der Waals surface area contributed by atoms with Crippen molar-refractivity contribution in [3.63, 3.8) is 0 Å². The second kappa shape index (κ2) is 14.5. The SMILES string of the molecule is CC(Cc1cc2c(c(C(N)=O)c1)N(CCCC(N)=O)CC2)N(CCOc1ccccc1OCC(F)(F)F)C(=O)OC(C)(C)C. The van der Waals surface area contributed by atoms with Crippen molar-refractivity contribution in [2.45, 2.75) is 71.2 Å². The summed E-state index contributed by atoms with van der Waals surface area (Å²) in [5, 5.41) is 0. The van der Waals surface area contributed by atoms with E-state index in [1.54, 1.807) is 32.9 Å². The molecule has 1 aliphatic rings. The number of nitrogens with zero attached hydrogens (tertiary/aromatic N) is 2. The zero-order chi connectivity index (χ0) is 32.7. The number of hydrogen-bond acceptors (Lipinski definition) is 7. The molecule has 0 aliphatic carbocycles. The monoisotopic (exact) mass is 622 g/mol. The summed E-state index contributed by atoms with van der Waals surface area (Å²) >= 11 is 0. The lowest BCUT2D eigenvalue weighted by atomic mass is 9.97. The second-order valence-electron chi connectivity index (χ2n) is 11.7. The number of primary amides is 2. The number of rotatable bonds is 14. The molecule has 242 valence electrons. The van der Waals surface area contributed by atoms with E-state index in [4.69, 9.17) is 25.7 Å². The van der Waals surface area contributed by atoms with E-state index in [9.17, 15) is 27.6 Å². The van der Waals surface area contributed by atoms with Gasteiger partial charge in [-0.05, 0) is 76.3 Å². The summed E-state index contributed by atoms with van der Waals surface area (Å²) < 4.78 is 54.3. The molecule has 1 aliphatic heterocycles. The minimum Gasteiger partial charge on any atom is -0.488 e. The molecule has 0 radical (unpaired) electrons. The van der Waals surface area contributed by atoms with Crippen LogP contribution in [-0.4, -0.2) is 73.5 Å². The molecule has 13 heteroatoms. The molecule has 2 aromatic carbocycles. The Morgan fingerprint density at radius 3 is 2.30 bits per heavy atom. The van der Waals surface area contributed by atoms with Gasteiger partial charge in [0, 0.05) is 25.6 Å². The fourth-order valence-corrected chi connectivity index (χ4v) is 5.03. The molecular weight excluding hydrogens is 581 g/mol. The Morgan fingerprint density at radius 2 is 1.70 bits per heavy atom. The van der Waals surface area contributed by atoms with Gasteiger partial charge in [0.05, 0.1) is 17.8 Å². The molecule has 0 bridgehead atoms. The Morgan fingerprint density at radius 1 is 1.05 bits per heavy atom. The van der Waals surface area contributed by atoms with Crippen LogP contribution in [-0.2, 0) is 22.4 Å². The number of halogens is 3. The highest BCUT2D eigenvalue weighted by atomic mass is 19.4. The first-order valence-electron chi connectivity index (χ1n) is 14.4. The molecular formula is C31H41F3N4O6. The van der Waals surface area contributed by atoms with E-state index < -0.39 is 36.4 Å². The summed E-state index contributed by atoms with van der Waals surface area (Å²) in [4.78, 5) is 40.4. The van der Waals surface area contributed by atoms with Crippen LogP contribution in [0.4, 0.5) is 23.7 Å². The average molecular weight is 623 g/mol. The number of carbonyl (C=O) groups excluding carboxylic acids is 3. The van der Waals surface area contributed by atoms with E-state index in [-0.39, 0.29) is 37.0 Å². The van der Waals surface area contributed by atoms with Crippen LogP contribution in [0.2, 0.25) is 0 Å². The van der Waals surface area contributed by atoms with Crippen LogP contribution in [0.3, 0.4) is 0 Å². The van der Waals surface area contributed by atoms with E-state index in [1.807, 2.05) is 17.9 Å². The summed E-state index contributed by atoms with van der Waals surface area (Å²) in [5.41, 5.74) is 13.1. The molecule has 3 rings (SSSR count). The highest BCUT2D eigenvalue weighted by molar-refractivity contribution is 6.00. The zero-order valence-corrected chi connectivity index (χ0v) is 25.5. The van der Waals surface area contributed by atoms with E-state index in [0.717, 1.165) is 16.8 Å². The molecule has 1 atom stereocenters. The first-order valence-corrected chi connectivity index (χ1v) is 14.4. The van der Waals surface area contributed by atoms with Gasteiger partial charge in [-0.15, -0.1) is 0 Å². The Hall–Kier alpha value is -4.16. The molecule has 0 aromatic heterocycles. The van der Waals surface area contributed by atoms with Gasteiger partial charge in [0.25, 0.3) is 5.91 Å². The molecule has 0 saturated heterocycles. The van der Waals surface area contributed by atoms with Crippen molar-refractivity contribution >= 4 is 23.6 Å². The highest BCUT2D eigenvalue weighted by Gasteiger charge is 2.30. The van der Waals surface area contributed by atoms with Crippen molar-refractivity contribution in [1.82, 2.24) is 4.90 Å². The minimum atomic E-state index is -4.51. The molecule has 2 aromatic rings. The summed E-state index contributed by atoms with van der Waals surface area (Å²) in [7, 11) is 0. The molecule has 44 heavy (non-hydrogen) atoms. The van der Waals surface area contributed by atoms with Crippen LogP contribution in [0, 0.1) is 0 Å². The summed E-state index contributed by atoms with van der Waals surface area (Å²) in [6, 6.07) is 9.29. The van der Waals surface area contributed by atoms with Crippen LogP contribution in [0.5, 0.6) is 11.5 Å². The van der Waals surface area contributed by atoms with Gasteiger partial charge in [-0.25, -0.2) is 4.79 Å². The first kappa shape index (κ1) is 34.3. The van der Waals surface area contributed by atoms with Crippen molar-refractivity contribution < 1.29 is 41.8 Å². The third-order valence-corrected chi connectivity index (χ3v) is 6.85. The maximum atomic E-state index is 13.3.